The van der Waals surface area contributed by atoms with Crippen molar-refractivity contribution in [2.75, 3.05) is 18.0 Å². The lowest BCUT2D eigenvalue weighted by molar-refractivity contribution is 0.0949. The number of amides is 1. The molecule has 1 aromatic heterocycles. The molecule has 1 aliphatic heterocycles. The minimum atomic E-state index is -0.104. The Bertz CT molecular complexity index is 669. The first-order chi connectivity index (χ1) is 12.3. The molecule has 1 unspecified atom stereocenters. The van der Waals surface area contributed by atoms with Gasteiger partial charge in [-0.2, -0.15) is 0 Å². The number of carbonyl (C=O) groups excluding carboxylic acids is 1. The molecule has 0 aliphatic carbocycles. The van der Waals surface area contributed by atoms with E-state index in [1.54, 1.807) is 0 Å². The molecule has 2 aromatic rings. The molecular weight excluding hydrogens is 310 g/mol. The highest BCUT2D eigenvalue weighted by Gasteiger charge is 2.21. The maximum Gasteiger partial charge on any atom is 0.269 e. The first-order valence-corrected chi connectivity index (χ1v) is 9.32. The Kier molecular flexibility index (Phi) is 6.04. The molecule has 0 radical (unpaired) electrons. The van der Waals surface area contributed by atoms with Gasteiger partial charge in [0, 0.05) is 19.1 Å². The van der Waals surface area contributed by atoms with Gasteiger partial charge in [0.1, 0.15) is 5.69 Å². The lowest BCUT2D eigenvalue weighted by Gasteiger charge is -2.37. The zero-order valence-corrected chi connectivity index (χ0v) is 14.9. The number of hydrogen-bond donors (Lipinski definition) is 1. The summed E-state index contributed by atoms with van der Waals surface area (Å²) in [5.74, 6) is -0.104. The maximum absolute atomic E-state index is 12.3. The molecule has 1 aliphatic rings. The van der Waals surface area contributed by atoms with E-state index in [1.807, 2.05) is 36.5 Å². The Hall–Kier alpha value is -2.36. The van der Waals surface area contributed by atoms with Gasteiger partial charge in [0.2, 0.25) is 0 Å². The highest BCUT2D eigenvalue weighted by atomic mass is 16.1. The second-order valence-electron chi connectivity index (χ2n) is 6.64. The summed E-state index contributed by atoms with van der Waals surface area (Å²) in [6.45, 7) is 3.95. The average molecular weight is 337 g/mol. The number of rotatable bonds is 6. The summed E-state index contributed by atoms with van der Waals surface area (Å²) in [5.41, 5.74) is 2.84. The third-order valence-corrected chi connectivity index (χ3v) is 4.95. The van der Waals surface area contributed by atoms with Crippen molar-refractivity contribution in [2.24, 2.45) is 0 Å². The van der Waals surface area contributed by atoms with Gasteiger partial charge in [-0.1, -0.05) is 37.3 Å². The number of anilines is 1. The Morgan fingerprint density at radius 3 is 2.76 bits per heavy atom. The molecule has 2 heterocycles. The largest absolute Gasteiger partial charge is 0.367 e. The van der Waals surface area contributed by atoms with E-state index in [4.69, 9.17) is 0 Å². The molecule has 4 heteroatoms. The molecule has 0 spiro atoms. The van der Waals surface area contributed by atoms with E-state index in [9.17, 15) is 4.79 Å². The number of benzene rings is 1. The van der Waals surface area contributed by atoms with Crippen molar-refractivity contribution in [3.63, 3.8) is 0 Å². The predicted octanol–water partition coefficient (Wildman–Crippen LogP) is 3.82. The predicted molar refractivity (Wildman–Crippen MR) is 102 cm³/mol. The standard InChI is InChI=1S/C21H27N3O/c1-2-18-10-6-7-15-24(18)19-11-12-20(23-16-19)21(25)22-14-13-17-8-4-3-5-9-17/h3-5,8-9,11-12,16,18H,2,6-7,10,13-15H2,1H3,(H,22,25). The monoisotopic (exact) mass is 337 g/mol. The Labute approximate surface area is 150 Å². The molecule has 132 valence electrons. The second-order valence-corrected chi connectivity index (χ2v) is 6.64. The maximum atomic E-state index is 12.3. The number of piperidine rings is 1. The highest BCUT2D eigenvalue weighted by Crippen LogP contribution is 2.25. The number of nitrogens with one attached hydrogen (secondary N) is 1. The topological polar surface area (TPSA) is 45.2 Å². The quantitative estimate of drug-likeness (QED) is 0.871. The van der Waals surface area contributed by atoms with Gasteiger partial charge in [-0.3, -0.25) is 4.79 Å². The molecule has 1 fully saturated rings. The fourth-order valence-electron chi connectivity index (χ4n) is 3.51. The van der Waals surface area contributed by atoms with Crippen LogP contribution < -0.4 is 10.2 Å². The normalized spacial score (nSPS) is 17.3. The van der Waals surface area contributed by atoms with Gasteiger partial charge in [0.15, 0.2) is 0 Å². The smallest absolute Gasteiger partial charge is 0.269 e. The van der Waals surface area contributed by atoms with Crippen LogP contribution in [0.25, 0.3) is 0 Å². The van der Waals surface area contributed by atoms with Crippen LogP contribution in [-0.2, 0) is 6.42 Å². The van der Waals surface area contributed by atoms with Gasteiger partial charge < -0.3 is 10.2 Å². The lowest BCUT2D eigenvalue weighted by Crippen LogP contribution is -2.39. The van der Waals surface area contributed by atoms with E-state index in [-0.39, 0.29) is 5.91 Å². The van der Waals surface area contributed by atoms with Crippen LogP contribution in [0.4, 0.5) is 5.69 Å². The van der Waals surface area contributed by atoms with Gasteiger partial charge in [-0.25, -0.2) is 4.98 Å². The van der Waals surface area contributed by atoms with Gasteiger partial charge in [-0.15, -0.1) is 0 Å². The minimum absolute atomic E-state index is 0.104. The van der Waals surface area contributed by atoms with Crippen LogP contribution >= 0.6 is 0 Å². The third-order valence-electron chi connectivity index (χ3n) is 4.95. The lowest BCUT2D eigenvalue weighted by atomic mass is 9.99. The number of nitrogens with zero attached hydrogens (tertiary/aromatic N) is 2. The summed E-state index contributed by atoms with van der Waals surface area (Å²) < 4.78 is 0. The van der Waals surface area contributed by atoms with Crippen molar-refractivity contribution >= 4 is 11.6 Å². The fraction of sp³-hybridized carbons (Fsp3) is 0.429. The number of aromatic nitrogens is 1. The van der Waals surface area contributed by atoms with Gasteiger partial charge >= 0.3 is 0 Å². The van der Waals surface area contributed by atoms with Gasteiger partial charge in [-0.05, 0) is 49.8 Å². The molecule has 1 amide bonds. The highest BCUT2D eigenvalue weighted by molar-refractivity contribution is 5.92. The van der Waals surface area contributed by atoms with Crippen LogP contribution in [0.5, 0.6) is 0 Å². The van der Waals surface area contributed by atoms with E-state index < -0.39 is 0 Å². The summed E-state index contributed by atoms with van der Waals surface area (Å²) in [6, 6.07) is 14.6. The molecule has 1 saturated heterocycles. The first-order valence-electron chi connectivity index (χ1n) is 9.32. The summed E-state index contributed by atoms with van der Waals surface area (Å²) in [4.78, 5) is 19.1. The molecule has 1 N–H and O–H groups in total. The van der Waals surface area contributed by atoms with Gasteiger partial charge in [0.25, 0.3) is 5.91 Å². The third kappa shape index (κ3) is 4.59. The Morgan fingerprint density at radius 2 is 2.04 bits per heavy atom. The summed E-state index contributed by atoms with van der Waals surface area (Å²) in [7, 11) is 0. The fourth-order valence-corrected chi connectivity index (χ4v) is 3.51. The van der Waals surface area contributed by atoms with E-state index in [1.165, 1.54) is 24.8 Å². The van der Waals surface area contributed by atoms with Crippen LogP contribution in [0.15, 0.2) is 48.7 Å². The zero-order valence-electron chi connectivity index (χ0n) is 14.9. The minimum Gasteiger partial charge on any atom is -0.367 e. The van der Waals surface area contributed by atoms with E-state index in [0.717, 1.165) is 25.1 Å². The van der Waals surface area contributed by atoms with Crippen molar-refractivity contribution in [1.82, 2.24) is 10.3 Å². The van der Waals surface area contributed by atoms with Crippen molar-refractivity contribution in [3.8, 4) is 0 Å². The average Bonchev–Trinajstić information content (AvgIpc) is 2.69. The zero-order chi connectivity index (χ0) is 17.5. The molecule has 1 atom stereocenters. The van der Waals surface area contributed by atoms with Crippen LogP contribution in [0.3, 0.4) is 0 Å². The molecule has 0 saturated carbocycles. The van der Waals surface area contributed by atoms with Crippen LogP contribution in [0.1, 0.15) is 48.7 Å². The molecule has 25 heavy (non-hydrogen) atoms. The van der Waals surface area contributed by atoms with Gasteiger partial charge in [0.05, 0.1) is 11.9 Å². The van der Waals surface area contributed by atoms with Crippen molar-refractivity contribution in [1.29, 1.82) is 0 Å². The SMILES string of the molecule is CCC1CCCCN1c1ccc(C(=O)NCCc2ccccc2)nc1. The summed E-state index contributed by atoms with van der Waals surface area (Å²) in [5, 5.41) is 2.95. The van der Waals surface area contributed by atoms with Crippen LogP contribution in [0.2, 0.25) is 0 Å². The summed E-state index contributed by atoms with van der Waals surface area (Å²) >= 11 is 0. The molecular formula is C21H27N3O. The summed E-state index contributed by atoms with van der Waals surface area (Å²) in [6.07, 6.45) is 7.62. The van der Waals surface area contributed by atoms with Crippen molar-refractivity contribution in [3.05, 3.63) is 59.9 Å². The first kappa shape index (κ1) is 17.5. The Morgan fingerprint density at radius 1 is 1.20 bits per heavy atom. The van der Waals surface area contributed by atoms with E-state index in [2.05, 4.69) is 34.3 Å². The van der Waals surface area contributed by atoms with E-state index >= 15 is 0 Å². The number of pyridine rings is 1. The second kappa shape index (κ2) is 8.65. The Balaban J connectivity index is 1.55. The molecule has 4 nitrogen and oxygen atoms in total. The van der Waals surface area contributed by atoms with Crippen molar-refractivity contribution < 1.29 is 4.79 Å². The number of hydrogen-bond acceptors (Lipinski definition) is 3. The molecule has 1 aromatic carbocycles. The molecule has 0 bridgehead atoms. The van der Waals surface area contributed by atoms with Crippen LogP contribution in [-0.4, -0.2) is 30.0 Å². The van der Waals surface area contributed by atoms with E-state index in [0.29, 0.717) is 18.3 Å². The molecule has 3 rings (SSSR count). The van der Waals surface area contributed by atoms with Crippen LogP contribution in [0, 0.1) is 0 Å². The van der Waals surface area contributed by atoms with Crippen molar-refractivity contribution in [2.45, 2.75) is 45.1 Å². The number of carbonyl (C=O) groups is 1.